The Morgan fingerprint density at radius 1 is 1.07 bits per heavy atom. The molecule has 1 nitrogen and oxygen atoms in total. The third kappa shape index (κ3) is 2.34. The molecule has 78 valence electrons. The molecule has 1 heterocycles. The van der Waals surface area contributed by atoms with E-state index >= 15 is 0 Å². The normalized spacial score (nSPS) is 11.4. The summed E-state index contributed by atoms with van der Waals surface area (Å²) in [5.41, 5.74) is 3.88. The summed E-state index contributed by atoms with van der Waals surface area (Å²) in [5, 5.41) is 0. The average molecular weight is 191 g/mol. The standard InChI is InChI=1S/C13H21N/c1-6-11-7-8-12(9(2)3)14-13(11)10(4)5/h7-10H,6H2,1-5H3. The molecule has 0 aliphatic rings. The van der Waals surface area contributed by atoms with Gasteiger partial charge in [0, 0.05) is 11.4 Å². The molecule has 0 bridgehead atoms. The number of pyridine rings is 1. The third-order valence-electron chi connectivity index (χ3n) is 2.55. The van der Waals surface area contributed by atoms with E-state index in [2.05, 4.69) is 46.8 Å². The largest absolute Gasteiger partial charge is 0.257 e. The minimum atomic E-state index is 0.526. The SMILES string of the molecule is CCc1ccc(C(C)C)nc1C(C)C. The summed E-state index contributed by atoms with van der Waals surface area (Å²) in [6.45, 7) is 11.0. The first-order valence-electron chi connectivity index (χ1n) is 5.56. The summed E-state index contributed by atoms with van der Waals surface area (Å²) in [5.74, 6) is 1.06. The van der Waals surface area contributed by atoms with Gasteiger partial charge < -0.3 is 0 Å². The van der Waals surface area contributed by atoms with E-state index in [1.165, 1.54) is 17.0 Å². The molecule has 14 heavy (non-hydrogen) atoms. The van der Waals surface area contributed by atoms with Crippen molar-refractivity contribution in [3.05, 3.63) is 29.1 Å². The Bertz CT molecular complexity index is 300. The lowest BCUT2D eigenvalue weighted by molar-refractivity contribution is 0.750. The van der Waals surface area contributed by atoms with Gasteiger partial charge in [0.2, 0.25) is 0 Å². The Morgan fingerprint density at radius 3 is 2.14 bits per heavy atom. The second-order valence-electron chi connectivity index (χ2n) is 4.44. The number of aromatic nitrogens is 1. The van der Waals surface area contributed by atoms with Crippen LogP contribution < -0.4 is 0 Å². The average Bonchev–Trinajstić information content (AvgIpc) is 2.16. The van der Waals surface area contributed by atoms with Crippen molar-refractivity contribution < 1.29 is 0 Å². The van der Waals surface area contributed by atoms with E-state index in [1.807, 2.05) is 0 Å². The van der Waals surface area contributed by atoms with E-state index in [9.17, 15) is 0 Å². The fraction of sp³-hybridized carbons (Fsp3) is 0.615. The Labute approximate surface area is 87.6 Å². The van der Waals surface area contributed by atoms with Gasteiger partial charge in [-0.3, -0.25) is 4.98 Å². The number of aryl methyl sites for hydroxylation is 1. The Balaban J connectivity index is 3.14. The van der Waals surface area contributed by atoms with Crippen LogP contribution in [-0.4, -0.2) is 4.98 Å². The predicted octanol–water partition coefficient (Wildman–Crippen LogP) is 3.89. The van der Waals surface area contributed by atoms with Gasteiger partial charge in [-0.15, -0.1) is 0 Å². The van der Waals surface area contributed by atoms with Gasteiger partial charge in [0.1, 0.15) is 0 Å². The van der Waals surface area contributed by atoms with Crippen LogP contribution in [0, 0.1) is 0 Å². The fourth-order valence-electron chi connectivity index (χ4n) is 1.64. The molecule has 0 atom stereocenters. The van der Waals surface area contributed by atoms with Crippen LogP contribution in [0.15, 0.2) is 12.1 Å². The third-order valence-corrected chi connectivity index (χ3v) is 2.55. The molecule has 1 heteroatoms. The number of rotatable bonds is 3. The van der Waals surface area contributed by atoms with Crippen LogP contribution >= 0.6 is 0 Å². The Kier molecular flexibility index (Phi) is 3.68. The Morgan fingerprint density at radius 2 is 1.71 bits per heavy atom. The highest BCUT2D eigenvalue weighted by molar-refractivity contribution is 5.26. The first-order chi connectivity index (χ1) is 6.56. The smallest absolute Gasteiger partial charge is 0.0464 e. The van der Waals surface area contributed by atoms with E-state index in [0.717, 1.165) is 6.42 Å². The molecule has 0 N–H and O–H groups in total. The van der Waals surface area contributed by atoms with E-state index in [1.54, 1.807) is 0 Å². The van der Waals surface area contributed by atoms with E-state index in [-0.39, 0.29) is 0 Å². The molecule has 0 aliphatic carbocycles. The highest BCUT2D eigenvalue weighted by Gasteiger charge is 2.09. The molecular formula is C13H21N. The van der Waals surface area contributed by atoms with Gasteiger partial charge in [-0.2, -0.15) is 0 Å². The highest BCUT2D eigenvalue weighted by atomic mass is 14.7. The van der Waals surface area contributed by atoms with Crippen LogP contribution in [0.1, 0.15) is 63.4 Å². The molecule has 1 aromatic heterocycles. The topological polar surface area (TPSA) is 12.9 Å². The molecular weight excluding hydrogens is 170 g/mol. The summed E-state index contributed by atoms with van der Waals surface area (Å²) in [7, 11) is 0. The molecule has 0 aromatic carbocycles. The molecule has 0 fully saturated rings. The van der Waals surface area contributed by atoms with Gasteiger partial charge in [-0.25, -0.2) is 0 Å². The van der Waals surface area contributed by atoms with Crippen molar-refractivity contribution in [2.75, 3.05) is 0 Å². The second kappa shape index (κ2) is 4.59. The zero-order valence-electron chi connectivity index (χ0n) is 9.96. The maximum absolute atomic E-state index is 4.74. The highest BCUT2D eigenvalue weighted by Crippen LogP contribution is 2.21. The predicted molar refractivity (Wildman–Crippen MR) is 61.8 cm³/mol. The van der Waals surface area contributed by atoms with Crippen molar-refractivity contribution in [3.8, 4) is 0 Å². The molecule has 0 amide bonds. The minimum Gasteiger partial charge on any atom is -0.257 e. The molecule has 0 unspecified atom stereocenters. The van der Waals surface area contributed by atoms with Crippen molar-refractivity contribution in [1.82, 2.24) is 4.98 Å². The minimum absolute atomic E-state index is 0.526. The summed E-state index contributed by atoms with van der Waals surface area (Å²) < 4.78 is 0. The molecule has 0 saturated carbocycles. The molecule has 0 spiro atoms. The van der Waals surface area contributed by atoms with E-state index in [4.69, 9.17) is 4.98 Å². The van der Waals surface area contributed by atoms with Gasteiger partial charge in [0.15, 0.2) is 0 Å². The second-order valence-corrected chi connectivity index (χ2v) is 4.44. The quantitative estimate of drug-likeness (QED) is 0.706. The van der Waals surface area contributed by atoms with Crippen molar-refractivity contribution >= 4 is 0 Å². The first-order valence-corrected chi connectivity index (χ1v) is 5.56. The van der Waals surface area contributed by atoms with Gasteiger partial charge in [0.05, 0.1) is 0 Å². The van der Waals surface area contributed by atoms with Crippen molar-refractivity contribution in [3.63, 3.8) is 0 Å². The van der Waals surface area contributed by atoms with E-state index < -0.39 is 0 Å². The van der Waals surface area contributed by atoms with E-state index in [0.29, 0.717) is 11.8 Å². The fourth-order valence-corrected chi connectivity index (χ4v) is 1.64. The molecule has 1 rings (SSSR count). The lowest BCUT2D eigenvalue weighted by atomic mass is 9.99. The zero-order valence-corrected chi connectivity index (χ0v) is 9.96. The summed E-state index contributed by atoms with van der Waals surface area (Å²) in [6, 6.07) is 4.40. The molecule has 1 aromatic rings. The molecule has 0 saturated heterocycles. The van der Waals surface area contributed by atoms with Crippen molar-refractivity contribution in [2.24, 2.45) is 0 Å². The van der Waals surface area contributed by atoms with Crippen molar-refractivity contribution in [2.45, 2.75) is 52.9 Å². The van der Waals surface area contributed by atoms with Crippen LogP contribution in [0.4, 0.5) is 0 Å². The van der Waals surface area contributed by atoms with Crippen molar-refractivity contribution in [1.29, 1.82) is 0 Å². The summed E-state index contributed by atoms with van der Waals surface area (Å²) >= 11 is 0. The monoisotopic (exact) mass is 191 g/mol. The van der Waals surface area contributed by atoms with Crippen LogP contribution in [0.5, 0.6) is 0 Å². The van der Waals surface area contributed by atoms with Gasteiger partial charge in [0.25, 0.3) is 0 Å². The maximum Gasteiger partial charge on any atom is 0.0464 e. The van der Waals surface area contributed by atoms with Gasteiger partial charge in [-0.05, 0) is 29.9 Å². The summed E-state index contributed by atoms with van der Waals surface area (Å²) in [4.78, 5) is 4.74. The molecule has 0 aliphatic heterocycles. The Hall–Kier alpha value is -0.850. The zero-order chi connectivity index (χ0) is 10.7. The number of hydrogen-bond acceptors (Lipinski definition) is 1. The maximum atomic E-state index is 4.74. The lowest BCUT2D eigenvalue weighted by Gasteiger charge is -2.13. The van der Waals surface area contributed by atoms with Crippen LogP contribution in [0.3, 0.4) is 0 Å². The summed E-state index contributed by atoms with van der Waals surface area (Å²) in [6.07, 6.45) is 1.08. The van der Waals surface area contributed by atoms with Crippen LogP contribution in [0.2, 0.25) is 0 Å². The number of nitrogens with zero attached hydrogens (tertiary/aromatic N) is 1. The van der Waals surface area contributed by atoms with Crippen LogP contribution in [-0.2, 0) is 6.42 Å². The first kappa shape index (κ1) is 11.2. The van der Waals surface area contributed by atoms with Gasteiger partial charge in [-0.1, -0.05) is 40.7 Å². The van der Waals surface area contributed by atoms with Crippen LogP contribution in [0.25, 0.3) is 0 Å². The number of hydrogen-bond donors (Lipinski definition) is 0. The van der Waals surface area contributed by atoms with Gasteiger partial charge >= 0.3 is 0 Å². The lowest BCUT2D eigenvalue weighted by Crippen LogP contribution is -2.03. The molecule has 0 radical (unpaired) electrons.